The predicted octanol–water partition coefficient (Wildman–Crippen LogP) is 4.88. The molecule has 6 heteroatoms. The molecule has 2 aromatic heterocycles. The molecular weight excluding hydrogens is 326 g/mol. The average molecular weight is 336 g/mol. The molecule has 0 N–H and O–H groups in total. The second kappa shape index (κ2) is 6.39. The third-order valence-corrected chi connectivity index (χ3v) is 4.86. The predicted molar refractivity (Wildman–Crippen MR) is 86.0 cm³/mol. The summed E-state index contributed by atoms with van der Waals surface area (Å²) in [6.45, 7) is 0.210. The van der Waals surface area contributed by atoms with Crippen molar-refractivity contribution in [1.82, 2.24) is 4.98 Å². The monoisotopic (exact) mass is 335 g/mol. The lowest BCUT2D eigenvalue weighted by atomic mass is 10.2. The number of esters is 1. The first-order chi connectivity index (χ1) is 10.2. The smallest absolute Gasteiger partial charge is 0.358 e. The fourth-order valence-corrected chi connectivity index (χ4v) is 3.41. The number of carbonyl (C=O) groups excluding carboxylic acids is 1. The van der Waals surface area contributed by atoms with Crippen molar-refractivity contribution in [2.75, 3.05) is 0 Å². The normalized spacial score (nSPS) is 10.5. The Morgan fingerprint density at radius 3 is 2.71 bits per heavy atom. The van der Waals surface area contributed by atoms with E-state index in [0.29, 0.717) is 10.7 Å². The molecule has 0 spiro atoms. The van der Waals surface area contributed by atoms with E-state index in [1.54, 1.807) is 28.8 Å². The molecule has 1 aromatic carbocycles. The van der Waals surface area contributed by atoms with Gasteiger partial charge in [-0.15, -0.1) is 22.7 Å². The van der Waals surface area contributed by atoms with Crippen LogP contribution >= 0.6 is 34.3 Å². The van der Waals surface area contributed by atoms with Gasteiger partial charge in [-0.05, 0) is 29.1 Å². The second-order valence-electron chi connectivity index (χ2n) is 4.22. The van der Waals surface area contributed by atoms with Gasteiger partial charge in [-0.3, -0.25) is 0 Å². The Morgan fingerprint density at radius 2 is 2.00 bits per heavy atom. The van der Waals surface area contributed by atoms with E-state index in [2.05, 4.69) is 4.98 Å². The topological polar surface area (TPSA) is 39.2 Å². The van der Waals surface area contributed by atoms with Crippen molar-refractivity contribution in [3.8, 4) is 9.88 Å². The van der Waals surface area contributed by atoms with Gasteiger partial charge in [0, 0.05) is 10.4 Å². The Balaban J connectivity index is 1.64. The van der Waals surface area contributed by atoms with Crippen LogP contribution in [0.5, 0.6) is 0 Å². The van der Waals surface area contributed by atoms with Crippen LogP contribution in [0.1, 0.15) is 16.1 Å². The molecular formula is C15H10ClNO2S2. The van der Waals surface area contributed by atoms with Crippen molar-refractivity contribution >= 4 is 40.2 Å². The van der Waals surface area contributed by atoms with Gasteiger partial charge in [0.1, 0.15) is 11.6 Å². The van der Waals surface area contributed by atoms with Crippen molar-refractivity contribution in [3.05, 3.63) is 63.4 Å². The highest BCUT2D eigenvalue weighted by atomic mass is 35.5. The van der Waals surface area contributed by atoms with E-state index in [1.807, 2.05) is 29.6 Å². The van der Waals surface area contributed by atoms with Gasteiger partial charge in [-0.25, -0.2) is 9.78 Å². The summed E-state index contributed by atoms with van der Waals surface area (Å²) in [5, 5.41) is 5.20. The first-order valence-corrected chi connectivity index (χ1v) is 8.27. The van der Waals surface area contributed by atoms with Crippen LogP contribution in [0, 0.1) is 0 Å². The van der Waals surface area contributed by atoms with Gasteiger partial charge in [-0.2, -0.15) is 0 Å². The molecule has 0 radical (unpaired) electrons. The number of aromatic nitrogens is 1. The van der Waals surface area contributed by atoms with Gasteiger partial charge in [0.2, 0.25) is 0 Å². The number of thiazole rings is 1. The fourth-order valence-electron chi connectivity index (χ4n) is 1.68. The van der Waals surface area contributed by atoms with Gasteiger partial charge in [-0.1, -0.05) is 29.8 Å². The molecule has 3 aromatic rings. The number of benzene rings is 1. The van der Waals surface area contributed by atoms with E-state index in [-0.39, 0.29) is 6.61 Å². The van der Waals surface area contributed by atoms with E-state index in [9.17, 15) is 4.79 Å². The molecule has 2 heterocycles. The average Bonchev–Trinajstić information content (AvgIpc) is 3.17. The number of nitrogens with zero attached hydrogens (tertiary/aromatic N) is 1. The number of rotatable bonds is 4. The zero-order valence-electron chi connectivity index (χ0n) is 10.8. The molecule has 0 amide bonds. The summed E-state index contributed by atoms with van der Waals surface area (Å²) < 4.78 is 5.25. The molecule has 0 aliphatic rings. The third kappa shape index (κ3) is 3.50. The molecule has 0 aliphatic carbocycles. The van der Waals surface area contributed by atoms with Crippen LogP contribution in [0.2, 0.25) is 5.02 Å². The van der Waals surface area contributed by atoms with Crippen LogP contribution < -0.4 is 0 Å². The minimum Gasteiger partial charge on any atom is -0.456 e. The SMILES string of the molecule is O=C(OCc1ccc(Cl)cc1)c1csc(-c2cccs2)n1. The van der Waals surface area contributed by atoms with Crippen molar-refractivity contribution in [2.45, 2.75) is 6.61 Å². The molecule has 0 bridgehead atoms. The minimum atomic E-state index is -0.413. The number of halogens is 1. The number of hydrogen-bond acceptors (Lipinski definition) is 5. The highest BCUT2D eigenvalue weighted by Crippen LogP contribution is 2.28. The van der Waals surface area contributed by atoms with E-state index in [4.69, 9.17) is 16.3 Å². The quantitative estimate of drug-likeness (QED) is 0.638. The fraction of sp³-hybridized carbons (Fsp3) is 0.0667. The van der Waals surface area contributed by atoms with Crippen LogP contribution in [-0.2, 0) is 11.3 Å². The Hall–Kier alpha value is -1.69. The molecule has 3 rings (SSSR count). The molecule has 106 valence electrons. The maximum atomic E-state index is 12.0. The standard InChI is InChI=1S/C15H10ClNO2S2/c16-11-5-3-10(4-6-11)8-19-15(18)12-9-21-14(17-12)13-2-1-7-20-13/h1-7,9H,8H2. The van der Waals surface area contributed by atoms with Crippen molar-refractivity contribution in [3.63, 3.8) is 0 Å². The molecule has 3 nitrogen and oxygen atoms in total. The van der Waals surface area contributed by atoms with Gasteiger partial charge < -0.3 is 4.74 Å². The van der Waals surface area contributed by atoms with Crippen LogP contribution in [0.3, 0.4) is 0 Å². The van der Waals surface area contributed by atoms with Crippen LogP contribution in [0.15, 0.2) is 47.2 Å². The maximum Gasteiger partial charge on any atom is 0.358 e. The lowest BCUT2D eigenvalue weighted by Gasteiger charge is -2.03. The highest BCUT2D eigenvalue weighted by molar-refractivity contribution is 7.20. The zero-order chi connectivity index (χ0) is 14.7. The summed E-state index contributed by atoms with van der Waals surface area (Å²) >= 11 is 8.84. The minimum absolute atomic E-state index is 0.210. The zero-order valence-corrected chi connectivity index (χ0v) is 13.2. The summed E-state index contributed by atoms with van der Waals surface area (Å²) in [6, 6.07) is 11.1. The summed E-state index contributed by atoms with van der Waals surface area (Å²) in [4.78, 5) is 17.3. The molecule has 0 atom stereocenters. The summed E-state index contributed by atoms with van der Waals surface area (Å²) in [6.07, 6.45) is 0. The molecule has 0 saturated carbocycles. The molecule has 0 saturated heterocycles. The van der Waals surface area contributed by atoms with Crippen LogP contribution in [0.4, 0.5) is 0 Å². The number of carbonyl (C=O) groups is 1. The number of hydrogen-bond donors (Lipinski definition) is 0. The lowest BCUT2D eigenvalue weighted by molar-refractivity contribution is 0.0467. The summed E-state index contributed by atoms with van der Waals surface area (Å²) in [7, 11) is 0. The Labute approximate surface area is 134 Å². The molecule has 21 heavy (non-hydrogen) atoms. The Kier molecular flexibility index (Phi) is 4.34. The first-order valence-electron chi connectivity index (χ1n) is 6.13. The first kappa shape index (κ1) is 14.3. The van der Waals surface area contributed by atoms with Gasteiger partial charge >= 0.3 is 5.97 Å². The van der Waals surface area contributed by atoms with E-state index in [0.717, 1.165) is 15.4 Å². The summed E-state index contributed by atoms with van der Waals surface area (Å²) in [5.41, 5.74) is 1.24. The molecule has 0 unspecified atom stereocenters. The lowest BCUT2D eigenvalue weighted by Crippen LogP contribution is -2.05. The van der Waals surface area contributed by atoms with E-state index in [1.165, 1.54) is 11.3 Å². The molecule has 0 aliphatic heterocycles. The van der Waals surface area contributed by atoms with E-state index < -0.39 is 5.97 Å². The van der Waals surface area contributed by atoms with E-state index >= 15 is 0 Å². The molecule has 0 fully saturated rings. The Morgan fingerprint density at radius 1 is 1.19 bits per heavy atom. The summed E-state index contributed by atoms with van der Waals surface area (Å²) in [5.74, 6) is -0.413. The van der Waals surface area contributed by atoms with Crippen molar-refractivity contribution in [1.29, 1.82) is 0 Å². The van der Waals surface area contributed by atoms with Crippen LogP contribution in [0.25, 0.3) is 9.88 Å². The van der Waals surface area contributed by atoms with Crippen molar-refractivity contribution < 1.29 is 9.53 Å². The number of thiophene rings is 1. The van der Waals surface area contributed by atoms with Crippen molar-refractivity contribution in [2.24, 2.45) is 0 Å². The number of ether oxygens (including phenoxy) is 1. The Bertz CT molecular complexity index is 735. The highest BCUT2D eigenvalue weighted by Gasteiger charge is 2.13. The van der Waals surface area contributed by atoms with Gasteiger partial charge in [0.05, 0.1) is 4.88 Å². The second-order valence-corrected chi connectivity index (χ2v) is 6.46. The van der Waals surface area contributed by atoms with Gasteiger partial charge in [0.15, 0.2) is 5.69 Å². The van der Waals surface area contributed by atoms with Gasteiger partial charge in [0.25, 0.3) is 0 Å². The largest absolute Gasteiger partial charge is 0.456 e. The maximum absolute atomic E-state index is 12.0. The third-order valence-electron chi connectivity index (χ3n) is 2.73. The van der Waals surface area contributed by atoms with Crippen LogP contribution in [-0.4, -0.2) is 11.0 Å².